The Morgan fingerprint density at radius 2 is 1.76 bits per heavy atom. The first-order valence-corrected chi connectivity index (χ1v) is 5.38. The second-order valence-corrected chi connectivity index (χ2v) is 4.56. The molecule has 0 aliphatic carbocycles. The van der Waals surface area contributed by atoms with Crippen molar-refractivity contribution in [2.45, 2.75) is 32.7 Å². The molecule has 0 bridgehead atoms. The van der Waals surface area contributed by atoms with E-state index in [2.05, 4.69) is 5.32 Å². The summed E-state index contributed by atoms with van der Waals surface area (Å²) in [6.45, 7) is 4.97. The third-order valence-electron chi connectivity index (χ3n) is 2.43. The van der Waals surface area contributed by atoms with Crippen LogP contribution >= 0.6 is 0 Å². The van der Waals surface area contributed by atoms with Crippen LogP contribution < -0.4 is 5.32 Å². The van der Waals surface area contributed by atoms with Gasteiger partial charge < -0.3 is 5.32 Å². The van der Waals surface area contributed by atoms with E-state index in [1.165, 1.54) is 19.1 Å². The van der Waals surface area contributed by atoms with Gasteiger partial charge in [-0.2, -0.15) is 0 Å². The van der Waals surface area contributed by atoms with Gasteiger partial charge in [-0.25, -0.2) is 4.39 Å². The molecule has 0 heterocycles. The number of rotatable bonds is 4. The first kappa shape index (κ1) is 13.4. The van der Waals surface area contributed by atoms with Crippen LogP contribution in [-0.2, 0) is 15.1 Å². The number of Topliss-reactive ketones (excluding diaryl/α,β-unsaturated/α-hetero) is 1. The zero-order valence-electron chi connectivity index (χ0n) is 10.2. The van der Waals surface area contributed by atoms with Gasteiger partial charge >= 0.3 is 0 Å². The number of carbonyl (C=O) groups excluding carboxylic acids is 2. The monoisotopic (exact) mass is 237 g/mol. The maximum Gasteiger partial charge on any atom is 0.228 e. The number of benzene rings is 1. The average Bonchev–Trinajstić information content (AvgIpc) is 2.15. The van der Waals surface area contributed by atoms with E-state index in [1.807, 2.05) is 0 Å². The summed E-state index contributed by atoms with van der Waals surface area (Å²) in [5.74, 6) is -0.830. The quantitative estimate of drug-likeness (QED) is 0.816. The standard InChI is InChI=1S/C13H16FNO2/c1-9(16)8-12(17)15-13(2,3)10-4-6-11(14)7-5-10/h4-7H,8H2,1-3H3,(H,15,17). The molecular formula is C13H16FNO2. The Balaban J connectivity index is 2.77. The minimum atomic E-state index is -0.625. The Hall–Kier alpha value is -1.71. The summed E-state index contributed by atoms with van der Waals surface area (Å²) in [6.07, 6.45) is -0.134. The molecule has 0 atom stereocenters. The van der Waals surface area contributed by atoms with E-state index in [0.29, 0.717) is 0 Å². The van der Waals surface area contributed by atoms with Crippen molar-refractivity contribution in [1.29, 1.82) is 0 Å². The topological polar surface area (TPSA) is 46.2 Å². The van der Waals surface area contributed by atoms with Crippen LogP contribution in [-0.4, -0.2) is 11.7 Å². The molecule has 3 nitrogen and oxygen atoms in total. The van der Waals surface area contributed by atoms with Crippen molar-refractivity contribution in [3.8, 4) is 0 Å². The second-order valence-electron chi connectivity index (χ2n) is 4.56. The molecule has 1 rings (SSSR count). The molecule has 1 aromatic carbocycles. The Labute approximate surface area is 100 Å². The number of nitrogens with one attached hydrogen (secondary N) is 1. The minimum Gasteiger partial charge on any atom is -0.347 e. The zero-order chi connectivity index (χ0) is 13.1. The van der Waals surface area contributed by atoms with Crippen molar-refractivity contribution in [2.75, 3.05) is 0 Å². The van der Waals surface area contributed by atoms with Crippen molar-refractivity contribution in [2.24, 2.45) is 0 Å². The van der Waals surface area contributed by atoms with Gasteiger partial charge in [0.25, 0.3) is 0 Å². The molecule has 0 aliphatic rings. The van der Waals surface area contributed by atoms with Crippen molar-refractivity contribution in [3.63, 3.8) is 0 Å². The molecule has 17 heavy (non-hydrogen) atoms. The van der Waals surface area contributed by atoms with Gasteiger partial charge in [-0.1, -0.05) is 12.1 Å². The van der Waals surface area contributed by atoms with Crippen molar-refractivity contribution in [3.05, 3.63) is 35.6 Å². The summed E-state index contributed by atoms with van der Waals surface area (Å²) in [6, 6.07) is 5.91. The lowest BCUT2D eigenvalue weighted by Crippen LogP contribution is -2.41. The van der Waals surface area contributed by atoms with Gasteiger partial charge in [0.15, 0.2) is 0 Å². The van der Waals surface area contributed by atoms with Gasteiger partial charge in [0, 0.05) is 0 Å². The van der Waals surface area contributed by atoms with Gasteiger partial charge in [-0.3, -0.25) is 9.59 Å². The molecular weight excluding hydrogens is 221 g/mol. The van der Waals surface area contributed by atoms with E-state index in [0.717, 1.165) is 5.56 Å². The zero-order valence-corrected chi connectivity index (χ0v) is 10.2. The number of hydrogen-bond acceptors (Lipinski definition) is 2. The van der Waals surface area contributed by atoms with E-state index in [1.54, 1.807) is 26.0 Å². The van der Waals surface area contributed by atoms with Crippen LogP contribution in [0.1, 0.15) is 32.8 Å². The summed E-state index contributed by atoms with van der Waals surface area (Å²) in [5, 5.41) is 2.74. The molecule has 92 valence electrons. The maximum absolute atomic E-state index is 12.8. The fraction of sp³-hybridized carbons (Fsp3) is 0.385. The highest BCUT2D eigenvalue weighted by Crippen LogP contribution is 2.20. The molecule has 0 radical (unpaired) electrons. The number of ketones is 1. The summed E-state index contributed by atoms with van der Waals surface area (Å²) >= 11 is 0. The Morgan fingerprint density at radius 3 is 2.24 bits per heavy atom. The van der Waals surface area contributed by atoms with Crippen LogP contribution in [0.25, 0.3) is 0 Å². The third-order valence-corrected chi connectivity index (χ3v) is 2.43. The molecule has 0 saturated carbocycles. The molecule has 0 aromatic heterocycles. The molecule has 1 aromatic rings. The van der Waals surface area contributed by atoms with Crippen molar-refractivity contribution >= 4 is 11.7 Å². The molecule has 4 heteroatoms. The highest BCUT2D eigenvalue weighted by molar-refractivity contribution is 5.97. The summed E-state index contributed by atoms with van der Waals surface area (Å²) in [4.78, 5) is 22.3. The Bertz CT molecular complexity index is 424. The lowest BCUT2D eigenvalue weighted by Gasteiger charge is -2.26. The predicted molar refractivity (Wildman–Crippen MR) is 62.9 cm³/mol. The number of carbonyl (C=O) groups is 2. The van der Waals surface area contributed by atoms with Gasteiger partial charge in [-0.15, -0.1) is 0 Å². The van der Waals surface area contributed by atoms with Crippen molar-refractivity contribution in [1.82, 2.24) is 5.32 Å². The normalized spacial score (nSPS) is 11.1. The molecule has 0 unspecified atom stereocenters. The van der Waals surface area contributed by atoms with Crippen LogP contribution in [0.4, 0.5) is 4.39 Å². The molecule has 1 amide bonds. The molecule has 1 N–H and O–H groups in total. The fourth-order valence-corrected chi connectivity index (χ4v) is 1.56. The highest BCUT2D eigenvalue weighted by atomic mass is 19.1. The van der Waals surface area contributed by atoms with E-state index >= 15 is 0 Å². The van der Waals surface area contributed by atoms with E-state index < -0.39 is 5.54 Å². The lowest BCUT2D eigenvalue weighted by molar-refractivity contribution is -0.128. The highest BCUT2D eigenvalue weighted by Gasteiger charge is 2.23. The van der Waals surface area contributed by atoms with Crippen LogP contribution in [0, 0.1) is 5.82 Å². The molecule has 0 fully saturated rings. The predicted octanol–water partition coefficient (Wildman–Crippen LogP) is 2.16. The Kier molecular flexibility index (Phi) is 3.99. The number of halogens is 1. The van der Waals surface area contributed by atoms with Crippen LogP contribution in [0.5, 0.6) is 0 Å². The van der Waals surface area contributed by atoms with E-state index in [4.69, 9.17) is 0 Å². The second kappa shape index (κ2) is 5.08. The fourth-order valence-electron chi connectivity index (χ4n) is 1.56. The third kappa shape index (κ3) is 3.98. The lowest BCUT2D eigenvalue weighted by atomic mass is 9.94. The Morgan fingerprint density at radius 1 is 1.24 bits per heavy atom. The van der Waals surface area contributed by atoms with Gasteiger partial charge in [0.05, 0.1) is 12.0 Å². The largest absolute Gasteiger partial charge is 0.347 e. The number of hydrogen-bond donors (Lipinski definition) is 1. The smallest absolute Gasteiger partial charge is 0.228 e. The minimum absolute atomic E-state index is 0.134. The van der Waals surface area contributed by atoms with Crippen molar-refractivity contribution < 1.29 is 14.0 Å². The number of amides is 1. The van der Waals surface area contributed by atoms with E-state index in [9.17, 15) is 14.0 Å². The van der Waals surface area contributed by atoms with Gasteiger partial charge in [-0.05, 0) is 38.5 Å². The van der Waals surface area contributed by atoms with Crippen LogP contribution in [0.3, 0.4) is 0 Å². The van der Waals surface area contributed by atoms with Gasteiger partial charge in [0.2, 0.25) is 5.91 Å². The van der Waals surface area contributed by atoms with Gasteiger partial charge in [0.1, 0.15) is 11.6 Å². The summed E-state index contributed by atoms with van der Waals surface area (Å²) < 4.78 is 12.8. The average molecular weight is 237 g/mol. The SMILES string of the molecule is CC(=O)CC(=O)NC(C)(C)c1ccc(F)cc1. The van der Waals surface area contributed by atoms with Crippen LogP contribution in [0.2, 0.25) is 0 Å². The molecule has 0 spiro atoms. The molecule has 0 saturated heterocycles. The maximum atomic E-state index is 12.8. The first-order chi connectivity index (χ1) is 7.81. The first-order valence-electron chi connectivity index (χ1n) is 5.38. The molecule has 0 aliphatic heterocycles. The van der Waals surface area contributed by atoms with Crippen LogP contribution in [0.15, 0.2) is 24.3 Å². The van der Waals surface area contributed by atoms with E-state index in [-0.39, 0.29) is 23.9 Å². The summed E-state index contributed by atoms with van der Waals surface area (Å²) in [5.41, 5.74) is 0.163. The summed E-state index contributed by atoms with van der Waals surface area (Å²) in [7, 11) is 0.